The van der Waals surface area contributed by atoms with Crippen molar-refractivity contribution >= 4 is 27.3 Å². The lowest BCUT2D eigenvalue weighted by Gasteiger charge is -2.08. The second kappa shape index (κ2) is 6.23. The van der Waals surface area contributed by atoms with Crippen molar-refractivity contribution in [3.8, 4) is 0 Å². The molecule has 1 aromatic rings. The minimum Gasteiger partial charge on any atom is -0.476 e. The number of aliphatic hydroxyl groups excluding tert-OH is 1. The Kier molecular flexibility index (Phi) is 5.20. The molecule has 3 N–H and O–H groups in total. The Morgan fingerprint density at radius 2 is 2.28 bits per heavy atom. The van der Waals surface area contributed by atoms with Crippen LogP contribution in [0, 0.1) is 0 Å². The molecule has 0 aliphatic carbocycles. The normalized spacial score (nSPS) is 13.4. The van der Waals surface area contributed by atoms with Crippen molar-refractivity contribution in [3.05, 3.63) is 11.2 Å². The Morgan fingerprint density at radius 1 is 1.61 bits per heavy atom. The zero-order valence-corrected chi connectivity index (χ0v) is 11.3. The standard InChI is InChI=1S/C9H14N2O5S2/c1-2-6(12)3-4-11-18(15,16)9-7(8(13)14)10-5-17-9/h5-6,11-12H,2-4H2,1H3,(H,13,14). The van der Waals surface area contributed by atoms with Gasteiger partial charge in [-0.25, -0.2) is 22.9 Å². The molecule has 0 bridgehead atoms. The van der Waals surface area contributed by atoms with Crippen LogP contribution >= 0.6 is 11.3 Å². The van der Waals surface area contributed by atoms with Crippen molar-refractivity contribution < 1.29 is 23.4 Å². The lowest BCUT2D eigenvalue weighted by atomic mass is 10.2. The van der Waals surface area contributed by atoms with E-state index in [0.29, 0.717) is 6.42 Å². The molecule has 0 aliphatic heterocycles. The molecule has 9 heteroatoms. The van der Waals surface area contributed by atoms with Gasteiger partial charge in [-0.3, -0.25) is 0 Å². The average molecular weight is 294 g/mol. The highest BCUT2D eigenvalue weighted by atomic mass is 32.2. The number of nitrogens with zero attached hydrogens (tertiary/aromatic N) is 1. The highest BCUT2D eigenvalue weighted by Gasteiger charge is 2.25. The van der Waals surface area contributed by atoms with E-state index >= 15 is 0 Å². The molecular formula is C9H14N2O5S2. The summed E-state index contributed by atoms with van der Waals surface area (Å²) in [5.41, 5.74) is 0.683. The number of hydrogen-bond donors (Lipinski definition) is 3. The van der Waals surface area contributed by atoms with Crippen LogP contribution in [-0.2, 0) is 10.0 Å². The summed E-state index contributed by atoms with van der Waals surface area (Å²) in [6, 6.07) is 0. The molecule has 0 aliphatic rings. The van der Waals surface area contributed by atoms with Crippen LogP contribution in [0.3, 0.4) is 0 Å². The van der Waals surface area contributed by atoms with Gasteiger partial charge in [0.05, 0.1) is 11.6 Å². The first kappa shape index (κ1) is 15.0. The summed E-state index contributed by atoms with van der Waals surface area (Å²) < 4.78 is 25.5. The topological polar surface area (TPSA) is 117 Å². The summed E-state index contributed by atoms with van der Waals surface area (Å²) in [6.45, 7) is 1.83. The Bertz CT molecular complexity index is 511. The Balaban J connectivity index is 2.75. The van der Waals surface area contributed by atoms with Gasteiger partial charge in [-0.1, -0.05) is 6.92 Å². The third-order valence-electron chi connectivity index (χ3n) is 2.22. The third-order valence-corrected chi connectivity index (χ3v) is 5.05. The van der Waals surface area contributed by atoms with Crippen LogP contribution in [0.5, 0.6) is 0 Å². The predicted molar refractivity (Wildman–Crippen MR) is 65.2 cm³/mol. The predicted octanol–water partition coefficient (Wildman–Crippen LogP) is 0.281. The Morgan fingerprint density at radius 3 is 2.83 bits per heavy atom. The van der Waals surface area contributed by atoms with Gasteiger partial charge in [0.15, 0.2) is 9.90 Å². The summed E-state index contributed by atoms with van der Waals surface area (Å²) in [4.78, 5) is 14.3. The van der Waals surface area contributed by atoms with Crippen molar-refractivity contribution in [3.63, 3.8) is 0 Å². The second-order valence-corrected chi connectivity index (χ2v) is 6.36. The van der Waals surface area contributed by atoms with Gasteiger partial charge in [-0.05, 0) is 12.8 Å². The van der Waals surface area contributed by atoms with Crippen molar-refractivity contribution in [1.29, 1.82) is 0 Å². The summed E-state index contributed by atoms with van der Waals surface area (Å²) in [5, 5.41) is 18.1. The molecule has 18 heavy (non-hydrogen) atoms. The Labute approximate surface area is 109 Å². The van der Waals surface area contributed by atoms with Crippen LogP contribution in [0.1, 0.15) is 30.3 Å². The molecule has 1 rings (SSSR count). The first-order valence-electron chi connectivity index (χ1n) is 5.23. The van der Waals surface area contributed by atoms with Crippen LogP contribution in [0.2, 0.25) is 0 Å². The first-order chi connectivity index (χ1) is 8.38. The molecule has 1 atom stereocenters. The quantitative estimate of drug-likeness (QED) is 0.665. The third kappa shape index (κ3) is 3.73. The fourth-order valence-electron chi connectivity index (χ4n) is 1.20. The number of aromatic nitrogens is 1. The van der Waals surface area contributed by atoms with E-state index in [9.17, 15) is 18.3 Å². The number of carboxylic acid groups (broad SMARTS) is 1. The molecule has 7 nitrogen and oxygen atoms in total. The van der Waals surface area contributed by atoms with Gasteiger partial charge in [0.1, 0.15) is 0 Å². The monoisotopic (exact) mass is 294 g/mol. The van der Waals surface area contributed by atoms with E-state index in [-0.39, 0.29) is 17.2 Å². The van der Waals surface area contributed by atoms with E-state index in [1.165, 1.54) is 5.51 Å². The summed E-state index contributed by atoms with van der Waals surface area (Å²) in [5.74, 6) is -1.38. The van der Waals surface area contributed by atoms with Gasteiger partial charge in [0, 0.05) is 6.54 Å². The minimum absolute atomic E-state index is 0.0499. The number of sulfonamides is 1. The van der Waals surface area contributed by atoms with Crippen molar-refractivity contribution in [2.45, 2.75) is 30.1 Å². The maximum atomic E-state index is 11.8. The van der Waals surface area contributed by atoms with Gasteiger partial charge < -0.3 is 10.2 Å². The minimum atomic E-state index is -3.88. The van der Waals surface area contributed by atoms with E-state index in [1.807, 2.05) is 0 Å². The van der Waals surface area contributed by atoms with E-state index in [1.54, 1.807) is 6.92 Å². The second-order valence-electron chi connectivity index (χ2n) is 3.54. The number of carboxylic acids is 1. The van der Waals surface area contributed by atoms with Gasteiger partial charge in [0.2, 0.25) is 0 Å². The molecule has 1 unspecified atom stereocenters. The maximum Gasteiger partial charge on any atom is 0.356 e. The lowest BCUT2D eigenvalue weighted by Crippen LogP contribution is -2.27. The van der Waals surface area contributed by atoms with Crippen LogP contribution < -0.4 is 4.72 Å². The number of rotatable bonds is 7. The number of thiazole rings is 1. The van der Waals surface area contributed by atoms with Gasteiger partial charge in [0.25, 0.3) is 10.0 Å². The molecule has 0 aromatic carbocycles. The van der Waals surface area contributed by atoms with Crippen LogP contribution in [-0.4, -0.2) is 42.2 Å². The average Bonchev–Trinajstić information content (AvgIpc) is 2.78. The van der Waals surface area contributed by atoms with E-state index in [0.717, 1.165) is 11.3 Å². The zero-order chi connectivity index (χ0) is 13.8. The van der Waals surface area contributed by atoms with Crippen molar-refractivity contribution in [2.75, 3.05) is 6.54 Å². The SMILES string of the molecule is CCC(O)CCNS(=O)(=O)c1scnc1C(=O)O. The highest BCUT2D eigenvalue weighted by Crippen LogP contribution is 2.19. The number of hydrogen-bond acceptors (Lipinski definition) is 6. The number of aliphatic hydroxyl groups is 1. The molecule has 0 amide bonds. The summed E-state index contributed by atoms with van der Waals surface area (Å²) in [6.07, 6.45) is 0.229. The molecule has 0 saturated heterocycles. The largest absolute Gasteiger partial charge is 0.476 e. The van der Waals surface area contributed by atoms with Crippen molar-refractivity contribution in [1.82, 2.24) is 9.71 Å². The number of nitrogens with one attached hydrogen (secondary N) is 1. The van der Waals surface area contributed by atoms with Gasteiger partial charge in [-0.2, -0.15) is 0 Å². The molecule has 0 fully saturated rings. The first-order valence-corrected chi connectivity index (χ1v) is 7.59. The van der Waals surface area contributed by atoms with Crippen LogP contribution in [0.15, 0.2) is 9.72 Å². The Hall–Kier alpha value is -1.03. The fourth-order valence-corrected chi connectivity index (χ4v) is 3.43. The molecule has 0 spiro atoms. The maximum absolute atomic E-state index is 11.8. The highest BCUT2D eigenvalue weighted by molar-refractivity contribution is 7.91. The van der Waals surface area contributed by atoms with E-state index < -0.39 is 27.8 Å². The molecule has 102 valence electrons. The molecule has 1 heterocycles. The molecule has 1 aromatic heterocycles. The van der Waals surface area contributed by atoms with Crippen LogP contribution in [0.25, 0.3) is 0 Å². The number of aromatic carboxylic acids is 1. The lowest BCUT2D eigenvalue weighted by molar-refractivity contribution is 0.0687. The van der Waals surface area contributed by atoms with Crippen LogP contribution in [0.4, 0.5) is 0 Å². The van der Waals surface area contributed by atoms with Gasteiger partial charge >= 0.3 is 5.97 Å². The smallest absolute Gasteiger partial charge is 0.356 e. The van der Waals surface area contributed by atoms with E-state index in [4.69, 9.17) is 5.11 Å². The summed E-state index contributed by atoms with van der Waals surface area (Å²) >= 11 is 0.745. The molecule has 0 saturated carbocycles. The van der Waals surface area contributed by atoms with E-state index in [2.05, 4.69) is 9.71 Å². The zero-order valence-electron chi connectivity index (χ0n) is 9.66. The van der Waals surface area contributed by atoms with Crippen molar-refractivity contribution in [2.24, 2.45) is 0 Å². The summed E-state index contributed by atoms with van der Waals surface area (Å²) in [7, 11) is -3.88. The number of carbonyl (C=O) groups is 1. The fraction of sp³-hybridized carbons (Fsp3) is 0.556. The van der Waals surface area contributed by atoms with Gasteiger partial charge in [-0.15, -0.1) is 11.3 Å². The molecule has 0 radical (unpaired) electrons. The molecular weight excluding hydrogens is 280 g/mol.